The largest absolute Gasteiger partial charge is 0.389 e. The lowest BCUT2D eigenvalue weighted by Gasteiger charge is -2.20. The Morgan fingerprint density at radius 1 is 1.40 bits per heavy atom. The van der Waals surface area contributed by atoms with Crippen molar-refractivity contribution in [2.75, 3.05) is 16.6 Å². The summed E-state index contributed by atoms with van der Waals surface area (Å²) in [5.41, 5.74) is -2.07. The average molecular weight is 389 g/mol. The summed E-state index contributed by atoms with van der Waals surface area (Å²) >= 11 is 6.04. The molecular weight excluding hydrogens is 368 g/mol. The number of aliphatic hydroxyl groups is 1. The van der Waals surface area contributed by atoms with Gasteiger partial charge in [0.1, 0.15) is 0 Å². The molecule has 2 rings (SSSR count). The van der Waals surface area contributed by atoms with Gasteiger partial charge >= 0.3 is 0 Å². The first kappa shape index (κ1) is 19.7. The van der Waals surface area contributed by atoms with Crippen molar-refractivity contribution in [2.45, 2.75) is 33.3 Å². The van der Waals surface area contributed by atoms with Crippen molar-refractivity contribution in [3.05, 3.63) is 28.8 Å². The number of hydrogen-bond donors (Lipinski definition) is 2. The van der Waals surface area contributed by atoms with Crippen LogP contribution in [0.5, 0.6) is 0 Å². The summed E-state index contributed by atoms with van der Waals surface area (Å²) in [6.45, 7) is 6.16. The van der Waals surface area contributed by atoms with Gasteiger partial charge in [-0.1, -0.05) is 11.6 Å². The number of carbonyl (C=O) groups is 2. The zero-order valence-electron chi connectivity index (χ0n) is 14.5. The van der Waals surface area contributed by atoms with Crippen LogP contribution in [0.15, 0.2) is 18.2 Å². The smallest absolute Gasteiger partial charge is 0.252 e. The number of anilines is 1. The maximum absolute atomic E-state index is 12.4. The van der Waals surface area contributed by atoms with E-state index in [1.54, 1.807) is 13.8 Å². The second-order valence-corrected chi connectivity index (χ2v) is 9.59. The van der Waals surface area contributed by atoms with E-state index in [2.05, 4.69) is 5.32 Å². The zero-order valence-corrected chi connectivity index (χ0v) is 16.0. The molecule has 1 aliphatic rings. The van der Waals surface area contributed by atoms with E-state index in [1.807, 2.05) is 0 Å². The quantitative estimate of drug-likeness (QED) is 0.814. The van der Waals surface area contributed by atoms with Crippen LogP contribution in [0.4, 0.5) is 5.69 Å². The van der Waals surface area contributed by atoms with E-state index in [0.717, 1.165) is 4.31 Å². The number of amides is 2. The van der Waals surface area contributed by atoms with Crippen molar-refractivity contribution < 1.29 is 23.1 Å². The van der Waals surface area contributed by atoms with E-state index >= 15 is 0 Å². The van der Waals surface area contributed by atoms with Gasteiger partial charge in [0.25, 0.3) is 5.91 Å². The molecule has 0 unspecified atom stereocenters. The Balaban J connectivity index is 2.39. The molecule has 2 amide bonds. The van der Waals surface area contributed by atoms with Crippen LogP contribution in [0, 0.1) is 5.41 Å². The molecule has 9 heteroatoms. The standard InChI is InChI=1S/C16H21ClN2O5S/c1-15(2)9-25(23,24)19(14(15)21)10-5-6-12(17)11(7-10)13(20)18-8-16(3,4)22/h5-7,22H,8-9H2,1-4H3,(H,18,20). The third kappa shape index (κ3) is 4.13. The third-order valence-corrected chi connectivity index (χ3v) is 6.04. The van der Waals surface area contributed by atoms with Crippen LogP contribution in [0.3, 0.4) is 0 Å². The lowest BCUT2D eigenvalue weighted by Crippen LogP contribution is -2.38. The van der Waals surface area contributed by atoms with E-state index < -0.39 is 32.9 Å². The van der Waals surface area contributed by atoms with Crippen LogP contribution in [0.2, 0.25) is 5.02 Å². The van der Waals surface area contributed by atoms with E-state index in [4.69, 9.17) is 11.6 Å². The van der Waals surface area contributed by atoms with Crippen molar-refractivity contribution in [1.82, 2.24) is 5.32 Å². The molecule has 0 radical (unpaired) electrons. The number of benzene rings is 1. The molecule has 2 N–H and O–H groups in total. The van der Waals surface area contributed by atoms with Gasteiger partial charge in [0.05, 0.1) is 33.0 Å². The third-order valence-electron chi connectivity index (χ3n) is 3.70. The normalized spacial score (nSPS) is 19.1. The van der Waals surface area contributed by atoms with E-state index in [1.165, 1.54) is 32.0 Å². The molecule has 1 heterocycles. The number of sulfonamides is 1. The number of nitrogens with zero attached hydrogens (tertiary/aromatic N) is 1. The fraction of sp³-hybridized carbons (Fsp3) is 0.500. The van der Waals surface area contributed by atoms with E-state index in [9.17, 15) is 23.1 Å². The van der Waals surface area contributed by atoms with Gasteiger partial charge in [-0.25, -0.2) is 12.7 Å². The second kappa shape index (κ2) is 6.26. The number of hydrogen-bond acceptors (Lipinski definition) is 5. The highest BCUT2D eigenvalue weighted by atomic mass is 35.5. The van der Waals surface area contributed by atoms with Gasteiger partial charge < -0.3 is 10.4 Å². The van der Waals surface area contributed by atoms with Gasteiger partial charge in [-0.3, -0.25) is 9.59 Å². The number of rotatable bonds is 4. The fourth-order valence-electron chi connectivity index (χ4n) is 2.47. The molecule has 138 valence electrons. The van der Waals surface area contributed by atoms with Gasteiger partial charge in [-0.05, 0) is 45.9 Å². The molecule has 0 atom stereocenters. The van der Waals surface area contributed by atoms with Crippen molar-refractivity contribution in [1.29, 1.82) is 0 Å². The van der Waals surface area contributed by atoms with Gasteiger partial charge in [0.15, 0.2) is 0 Å². The predicted octanol–water partition coefficient (Wildman–Crippen LogP) is 1.54. The van der Waals surface area contributed by atoms with Gasteiger partial charge in [-0.2, -0.15) is 0 Å². The van der Waals surface area contributed by atoms with E-state index in [-0.39, 0.29) is 28.6 Å². The molecule has 1 aliphatic heterocycles. The highest BCUT2D eigenvalue weighted by molar-refractivity contribution is 7.94. The Kier molecular flexibility index (Phi) is 4.93. The molecule has 0 aliphatic carbocycles. The number of halogens is 1. The monoisotopic (exact) mass is 388 g/mol. The van der Waals surface area contributed by atoms with Gasteiger partial charge in [-0.15, -0.1) is 0 Å². The minimum absolute atomic E-state index is 0.0135. The molecule has 7 nitrogen and oxygen atoms in total. The molecule has 0 bridgehead atoms. The van der Waals surface area contributed by atoms with Crippen molar-refractivity contribution in [3.63, 3.8) is 0 Å². The number of nitrogens with one attached hydrogen (secondary N) is 1. The Labute approximate surface area is 152 Å². The number of carbonyl (C=O) groups excluding carboxylic acids is 2. The lowest BCUT2D eigenvalue weighted by atomic mass is 9.95. The van der Waals surface area contributed by atoms with Crippen molar-refractivity contribution in [2.24, 2.45) is 5.41 Å². The summed E-state index contributed by atoms with van der Waals surface area (Å²) < 4.78 is 25.4. The Hall–Kier alpha value is -1.64. The molecule has 0 saturated carbocycles. The molecule has 1 aromatic rings. The first-order valence-electron chi connectivity index (χ1n) is 7.62. The van der Waals surface area contributed by atoms with Crippen LogP contribution in [-0.4, -0.2) is 43.2 Å². The molecule has 0 aromatic heterocycles. The Bertz CT molecular complexity index is 827. The van der Waals surface area contributed by atoms with Crippen LogP contribution in [-0.2, 0) is 14.8 Å². The summed E-state index contributed by atoms with van der Waals surface area (Å²) in [5, 5.41) is 12.3. The average Bonchev–Trinajstić information content (AvgIpc) is 2.60. The first-order valence-corrected chi connectivity index (χ1v) is 9.61. The molecule has 1 aromatic carbocycles. The molecule has 0 spiro atoms. The molecule has 25 heavy (non-hydrogen) atoms. The Morgan fingerprint density at radius 3 is 2.48 bits per heavy atom. The van der Waals surface area contributed by atoms with Crippen LogP contribution >= 0.6 is 11.6 Å². The second-order valence-electron chi connectivity index (χ2n) is 7.37. The predicted molar refractivity (Wildman–Crippen MR) is 95.1 cm³/mol. The van der Waals surface area contributed by atoms with Crippen LogP contribution in [0.25, 0.3) is 0 Å². The van der Waals surface area contributed by atoms with Gasteiger partial charge in [0.2, 0.25) is 15.9 Å². The highest BCUT2D eigenvalue weighted by Crippen LogP contribution is 2.36. The first-order chi connectivity index (χ1) is 11.2. The Morgan fingerprint density at radius 2 is 2.00 bits per heavy atom. The highest BCUT2D eigenvalue weighted by Gasteiger charge is 2.50. The van der Waals surface area contributed by atoms with Crippen molar-refractivity contribution in [3.8, 4) is 0 Å². The summed E-state index contributed by atoms with van der Waals surface area (Å²) in [5.74, 6) is -1.43. The topological polar surface area (TPSA) is 104 Å². The summed E-state index contributed by atoms with van der Waals surface area (Å²) in [6, 6.07) is 4.01. The zero-order chi connectivity index (χ0) is 19.2. The molecular formula is C16H21ClN2O5S. The SMILES string of the molecule is CC(C)(O)CNC(=O)c1cc(N2C(=O)C(C)(C)CS2(=O)=O)ccc1Cl. The summed E-state index contributed by atoms with van der Waals surface area (Å²) in [6.07, 6.45) is 0. The maximum atomic E-state index is 12.4. The lowest BCUT2D eigenvalue weighted by molar-refractivity contribution is -0.123. The maximum Gasteiger partial charge on any atom is 0.252 e. The minimum Gasteiger partial charge on any atom is -0.389 e. The van der Waals surface area contributed by atoms with Crippen LogP contribution in [0.1, 0.15) is 38.1 Å². The van der Waals surface area contributed by atoms with Crippen molar-refractivity contribution >= 4 is 39.1 Å². The van der Waals surface area contributed by atoms with E-state index in [0.29, 0.717) is 0 Å². The van der Waals surface area contributed by atoms with Crippen LogP contribution < -0.4 is 9.62 Å². The minimum atomic E-state index is -3.82. The molecule has 1 fully saturated rings. The fourth-order valence-corrected chi connectivity index (χ4v) is 4.77. The molecule has 1 saturated heterocycles. The summed E-state index contributed by atoms with van der Waals surface area (Å²) in [4.78, 5) is 24.7. The van der Waals surface area contributed by atoms with Gasteiger partial charge in [0, 0.05) is 6.54 Å². The summed E-state index contributed by atoms with van der Waals surface area (Å²) in [7, 11) is -3.82.